The summed E-state index contributed by atoms with van der Waals surface area (Å²) in [6.07, 6.45) is 0. The minimum absolute atomic E-state index is 0.670. The lowest BCUT2D eigenvalue weighted by Gasteiger charge is -2.39. The molecule has 0 spiro atoms. The molecule has 0 amide bonds. The number of thiocarbonyl (C=S) groups is 1. The molecular weight excluding hydrogens is 222 g/mol. The molecule has 0 aliphatic heterocycles. The smallest absolute Gasteiger partial charge is 0.108 e. The van der Waals surface area contributed by atoms with Gasteiger partial charge in [0.25, 0.3) is 0 Å². The first-order valence-corrected chi connectivity index (χ1v) is 6.08. The first-order chi connectivity index (χ1) is 7.14. The maximum atomic E-state index is 5.21. The molecule has 15 heavy (non-hydrogen) atoms. The molecule has 3 heteroatoms. The monoisotopic (exact) mass is 239 g/mol. The predicted octanol–water partition coefficient (Wildman–Crippen LogP) is 2.88. The molecule has 0 N–H and O–H groups in total. The Hall–Kier alpha value is -0.510. The second-order valence-corrected chi connectivity index (χ2v) is 4.72. The van der Waals surface area contributed by atoms with Crippen molar-refractivity contribution in [1.29, 1.82) is 0 Å². The third-order valence-corrected chi connectivity index (χ3v) is 3.70. The molecule has 1 nitrogen and oxygen atoms in total. The van der Waals surface area contributed by atoms with Crippen molar-refractivity contribution in [3.05, 3.63) is 35.9 Å². The molecular formula is C12H17NS2. The summed E-state index contributed by atoms with van der Waals surface area (Å²) in [6, 6.07) is 10.4. The number of benzene rings is 1. The van der Waals surface area contributed by atoms with Crippen LogP contribution in [0.1, 0.15) is 19.4 Å². The number of quaternary nitrogens is 1. The van der Waals surface area contributed by atoms with Crippen LogP contribution in [0.4, 0.5) is 0 Å². The average molecular weight is 239 g/mol. The van der Waals surface area contributed by atoms with Crippen molar-refractivity contribution in [3.63, 3.8) is 0 Å². The molecule has 1 aromatic carbocycles. The lowest BCUT2D eigenvalue weighted by molar-refractivity contribution is -0.845. The van der Waals surface area contributed by atoms with E-state index in [1.54, 1.807) is 0 Å². The zero-order valence-electron chi connectivity index (χ0n) is 9.27. The van der Waals surface area contributed by atoms with Gasteiger partial charge in [-0.25, -0.2) is 0 Å². The van der Waals surface area contributed by atoms with E-state index in [1.165, 1.54) is 5.56 Å². The van der Waals surface area contributed by atoms with Crippen molar-refractivity contribution in [2.45, 2.75) is 20.4 Å². The summed E-state index contributed by atoms with van der Waals surface area (Å²) in [5.74, 6) is 0. The zero-order chi connectivity index (χ0) is 11.3. The Morgan fingerprint density at radius 2 is 1.73 bits per heavy atom. The second kappa shape index (κ2) is 5.54. The van der Waals surface area contributed by atoms with Crippen LogP contribution in [0.15, 0.2) is 30.3 Å². The maximum Gasteiger partial charge on any atom is 0.108 e. The van der Waals surface area contributed by atoms with E-state index in [4.69, 9.17) is 24.8 Å². The zero-order valence-corrected chi connectivity index (χ0v) is 10.9. The van der Waals surface area contributed by atoms with E-state index in [1.807, 2.05) is 6.07 Å². The van der Waals surface area contributed by atoms with Crippen LogP contribution in [0.5, 0.6) is 0 Å². The third-order valence-electron chi connectivity index (χ3n) is 2.93. The molecule has 82 valence electrons. The lowest BCUT2D eigenvalue weighted by Crippen LogP contribution is -2.50. The van der Waals surface area contributed by atoms with Gasteiger partial charge in [0.05, 0.1) is 13.1 Å². The molecule has 0 aliphatic rings. The van der Waals surface area contributed by atoms with Gasteiger partial charge >= 0.3 is 0 Å². The fraction of sp³-hybridized carbons (Fsp3) is 0.417. The number of nitrogens with zero attached hydrogens (tertiary/aromatic N) is 1. The normalized spacial score (nSPS) is 11.3. The highest BCUT2D eigenvalue weighted by molar-refractivity contribution is 7.99. The maximum absolute atomic E-state index is 5.21. The molecule has 0 radical (unpaired) electrons. The summed E-state index contributed by atoms with van der Waals surface area (Å²) in [5.41, 5.74) is 1.30. The summed E-state index contributed by atoms with van der Waals surface area (Å²) in [7, 11) is 0. The van der Waals surface area contributed by atoms with Gasteiger partial charge in [0.2, 0.25) is 0 Å². The first-order valence-electron chi connectivity index (χ1n) is 5.26. The molecule has 0 bridgehead atoms. The number of hydrogen-bond donors (Lipinski definition) is 0. The molecule has 1 rings (SSSR count). The van der Waals surface area contributed by atoms with Crippen molar-refractivity contribution < 1.29 is 4.48 Å². The summed E-state index contributed by atoms with van der Waals surface area (Å²) in [4.78, 5) is 0. The molecule has 0 aromatic heterocycles. The van der Waals surface area contributed by atoms with Gasteiger partial charge in [-0.1, -0.05) is 30.3 Å². The van der Waals surface area contributed by atoms with Crippen LogP contribution >= 0.6 is 12.2 Å². The average Bonchev–Trinajstić information content (AvgIpc) is 2.27. The summed E-state index contributed by atoms with van der Waals surface area (Å²) in [5, 5.41) is 0. The van der Waals surface area contributed by atoms with Crippen LogP contribution in [0.25, 0.3) is 0 Å². The SMILES string of the molecule is CC[N+](CC)(Cc1ccccc1)C(=S)[S-]. The van der Waals surface area contributed by atoms with E-state index < -0.39 is 0 Å². The highest BCUT2D eigenvalue weighted by atomic mass is 32.1. The van der Waals surface area contributed by atoms with Gasteiger partial charge in [-0.05, 0) is 13.8 Å². The van der Waals surface area contributed by atoms with E-state index >= 15 is 0 Å². The minimum Gasteiger partial charge on any atom is -0.370 e. The molecule has 0 fully saturated rings. The lowest BCUT2D eigenvalue weighted by atomic mass is 10.2. The molecule has 1 aromatic rings. The van der Waals surface area contributed by atoms with Gasteiger partial charge in [0, 0.05) is 9.88 Å². The van der Waals surface area contributed by atoms with Gasteiger partial charge in [-0.15, -0.1) is 0 Å². The quantitative estimate of drug-likeness (QED) is 0.450. The fourth-order valence-corrected chi connectivity index (χ4v) is 2.35. The van der Waals surface area contributed by atoms with Gasteiger partial charge < -0.3 is 29.3 Å². The standard InChI is InChI=1S/C12H17NS2/c1-3-13(4-2,12(14)15)10-11-8-6-5-7-9-11/h5-9H,3-4,10H2,1-2H3. The molecule has 0 unspecified atom stereocenters. The van der Waals surface area contributed by atoms with Crippen LogP contribution in [0.2, 0.25) is 0 Å². The van der Waals surface area contributed by atoms with Crippen LogP contribution in [-0.2, 0) is 19.2 Å². The van der Waals surface area contributed by atoms with Crippen LogP contribution < -0.4 is 0 Å². The van der Waals surface area contributed by atoms with E-state index in [9.17, 15) is 0 Å². The summed E-state index contributed by atoms with van der Waals surface area (Å²) < 4.78 is 1.40. The summed E-state index contributed by atoms with van der Waals surface area (Å²) >= 11 is 10.4. The molecule has 0 saturated heterocycles. The van der Waals surface area contributed by atoms with Crippen LogP contribution in [0, 0.1) is 0 Å². The van der Waals surface area contributed by atoms with Gasteiger partial charge in [-0.2, -0.15) is 0 Å². The predicted molar refractivity (Wildman–Crippen MR) is 71.5 cm³/mol. The largest absolute Gasteiger partial charge is 0.370 e. The van der Waals surface area contributed by atoms with Crippen molar-refractivity contribution in [2.75, 3.05) is 13.1 Å². The summed E-state index contributed by atoms with van der Waals surface area (Å²) in [6.45, 7) is 7.13. The number of rotatable bonds is 4. The van der Waals surface area contributed by atoms with E-state index in [0.717, 1.165) is 24.1 Å². The van der Waals surface area contributed by atoms with Crippen molar-refractivity contribution >= 4 is 29.2 Å². The van der Waals surface area contributed by atoms with Crippen molar-refractivity contribution in [3.8, 4) is 0 Å². The third kappa shape index (κ3) is 2.97. The van der Waals surface area contributed by atoms with Crippen LogP contribution in [0.3, 0.4) is 0 Å². The van der Waals surface area contributed by atoms with E-state index in [-0.39, 0.29) is 0 Å². The second-order valence-electron chi connectivity index (χ2n) is 3.69. The van der Waals surface area contributed by atoms with Gasteiger partial charge in [0.15, 0.2) is 0 Å². The molecule has 0 heterocycles. The Bertz CT molecular complexity index is 318. The van der Waals surface area contributed by atoms with Gasteiger partial charge in [-0.3, -0.25) is 0 Å². The van der Waals surface area contributed by atoms with E-state index in [0.29, 0.717) is 4.32 Å². The van der Waals surface area contributed by atoms with E-state index in [2.05, 4.69) is 38.1 Å². The molecule has 0 saturated carbocycles. The Morgan fingerprint density at radius 3 is 2.13 bits per heavy atom. The molecule has 0 aliphatic carbocycles. The van der Waals surface area contributed by atoms with Gasteiger partial charge in [0.1, 0.15) is 6.54 Å². The Balaban J connectivity index is 2.89. The molecule has 0 atom stereocenters. The highest BCUT2D eigenvalue weighted by Gasteiger charge is 2.22. The first kappa shape index (κ1) is 12.6. The Morgan fingerprint density at radius 1 is 1.20 bits per heavy atom. The van der Waals surface area contributed by atoms with Crippen molar-refractivity contribution in [2.24, 2.45) is 0 Å². The highest BCUT2D eigenvalue weighted by Crippen LogP contribution is 2.15. The Kier molecular flexibility index (Phi) is 4.64. The minimum atomic E-state index is 0.670. The van der Waals surface area contributed by atoms with Crippen molar-refractivity contribution in [1.82, 2.24) is 0 Å². The Labute approximate surface area is 103 Å². The fourth-order valence-electron chi connectivity index (χ4n) is 1.70. The number of hydrogen-bond acceptors (Lipinski definition) is 2. The van der Waals surface area contributed by atoms with Crippen LogP contribution in [-0.4, -0.2) is 21.9 Å². The topological polar surface area (TPSA) is 0 Å².